The van der Waals surface area contributed by atoms with Gasteiger partial charge in [-0.05, 0) is 30.7 Å². The summed E-state index contributed by atoms with van der Waals surface area (Å²) in [6.45, 7) is 1.71. The van der Waals surface area contributed by atoms with Crippen molar-refractivity contribution in [2.75, 3.05) is 12.6 Å². The monoisotopic (exact) mass is 294 g/mol. The molecule has 2 aromatic rings. The lowest BCUT2D eigenvalue weighted by Gasteiger charge is -2.00. The maximum atomic E-state index is 10.8. The van der Waals surface area contributed by atoms with Crippen molar-refractivity contribution in [2.45, 2.75) is 11.8 Å². The Balaban J connectivity index is 0.000000204. The SMILES string of the molecule is CONc1ccccc1.Cc1ccccc1S(N)(=O)=O. The highest BCUT2D eigenvalue weighted by atomic mass is 32.2. The molecule has 0 aromatic heterocycles. The minimum atomic E-state index is -3.53. The van der Waals surface area contributed by atoms with Crippen LogP contribution in [0, 0.1) is 6.92 Å². The van der Waals surface area contributed by atoms with E-state index in [1.807, 2.05) is 30.3 Å². The third kappa shape index (κ3) is 5.40. The third-order valence-electron chi connectivity index (χ3n) is 2.39. The number of sulfonamides is 1. The number of anilines is 1. The standard InChI is InChI=1S/C7H9NO2S.C7H9NO/c1-6-4-2-3-5-7(6)11(8,9)10;1-9-8-7-5-3-2-4-6-7/h2-5H,1H3,(H2,8,9,10);2-6,8H,1H3. The Hall–Kier alpha value is -1.89. The molecule has 3 N–H and O–H groups in total. The normalized spacial score (nSPS) is 10.3. The second-order valence-electron chi connectivity index (χ2n) is 3.98. The van der Waals surface area contributed by atoms with Crippen molar-refractivity contribution in [1.29, 1.82) is 0 Å². The van der Waals surface area contributed by atoms with Crippen LogP contribution in [0.3, 0.4) is 0 Å². The van der Waals surface area contributed by atoms with Gasteiger partial charge in [-0.2, -0.15) is 0 Å². The molecule has 0 radical (unpaired) electrons. The summed E-state index contributed by atoms with van der Waals surface area (Å²) in [4.78, 5) is 4.87. The maximum Gasteiger partial charge on any atom is 0.238 e. The summed E-state index contributed by atoms with van der Waals surface area (Å²) in [5.74, 6) is 0. The van der Waals surface area contributed by atoms with E-state index < -0.39 is 10.0 Å². The van der Waals surface area contributed by atoms with Crippen molar-refractivity contribution in [3.63, 3.8) is 0 Å². The Morgan fingerprint density at radius 1 is 1.00 bits per heavy atom. The number of hydrogen-bond donors (Lipinski definition) is 2. The second kappa shape index (κ2) is 7.64. The van der Waals surface area contributed by atoms with Gasteiger partial charge in [0, 0.05) is 0 Å². The third-order valence-corrected chi connectivity index (χ3v) is 3.46. The number of para-hydroxylation sites is 1. The van der Waals surface area contributed by atoms with E-state index >= 15 is 0 Å². The fourth-order valence-corrected chi connectivity index (χ4v) is 2.28. The molecule has 0 saturated heterocycles. The molecule has 0 atom stereocenters. The molecule has 0 aliphatic heterocycles. The zero-order valence-electron chi connectivity index (χ0n) is 11.4. The molecule has 20 heavy (non-hydrogen) atoms. The highest BCUT2D eigenvalue weighted by molar-refractivity contribution is 7.89. The zero-order valence-corrected chi connectivity index (χ0v) is 12.2. The average Bonchev–Trinajstić information content (AvgIpc) is 2.40. The van der Waals surface area contributed by atoms with E-state index in [0.717, 1.165) is 5.69 Å². The highest BCUT2D eigenvalue weighted by Crippen LogP contribution is 2.11. The smallest absolute Gasteiger partial charge is 0.238 e. The zero-order chi connectivity index (χ0) is 15.0. The van der Waals surface area contributed by atoms with E-state index in [9.17, 15) is 8.42 Å². The lowest BCUT2D eigenvalue weighted by molar-refractivity contribution is 0.271. The first-order valence-corrected chi connectivity index (χ1v) is 7.42. The molecule has 2 aromatic carbocycles. The van der Waals surface area contributed by atoms with Crippen molar-refractivity contribution in [3.8, 4) is 0 Å². The summed E-state index contributed by atoms with van der Waals surface area (Å²) >= 11 is 0. The largest absolute Gasteiger partial charge is 0.279 e. The number of primary sulfonamides is 1. The number of nitrogens with one attached hydrogen (secondary N) is 1. The van der Waals surface area contributed by atoms with Crippen LogP contribution in [0.2, 0.25) is 0 Å². The molecule has 0 bridgehead atoms. The molecular formula is C14H18N2O3S. The van der Waals surface area contributed by atoms with Crippen LogP contribution < -0.4 is 10.6 Å². The van der Waals surface area contributed by atoms with Crippen molar-refractivity contribution in [1.82, 2.24) is 0 Å². The van der Waals surface area contributed by atoms with E-state index in [4.69, 9.17) is 5.14 Å². The first-order valence-electron chi connectivity index (χ1n) is 5.87. The van der Waals surface area contributed by atoms with Gasteiger partial charge in [-0.1, -0.05) is 36.4 Å². The quantitative estimate of drug-likeness (QED) is 0.851. The highest BCUT2D eigenvalue weighted by Gasteiger charge is 2.08. The summed E-state index contributed by atoms with van der Waals surface area (Å²) in [5.41, 5.74) is 4.36. The Morgan fingerprint density at radius 3 is 2.00 bits per heavy atom. The molecule has 0 saturated carbocycles. The Morgan fingerprint density at radius 2 is 1.55 bits per heavy atom. The molecule has 0 aliphatic carbocycles. The topological polar surface area (TPSA) is 81.4 Å². The predicted octanol–water partition coefficient (Wildman–Crippen LogP) is 2.30. The minimum Gasteiger partial charge on any atom is -0.279 e. The van der Waals surface area contributed by atoms with Gasteiger partial charge in [0.05, 0.1) is 17.7 Å². The first-order chi connectivity index (χ1) is 9.45. The van der Waals surface area contributed by atoms with Crippen LogP contribution in [0.4, 0.5) is 5.69 Å². The van der Waals surface area contributed by atoms with Gasteiger partial charge in [-0.3, -0.25) is 10.3 Å². The van der Waals surface area contributed by atoms with Gasteiger partial charge in [0.2, 0.25) is 10.0 Å². The Bertz CT molecular complexity index is 628. The summed E-state index contributed by atoms with van der Waals surface area (Å²) in [6.07, 6.45) is 0. The molecule has 6 heteroatoms. The molecule has 0 spiro atoms. The number of nitrogens with two attached hydrogens (primary N) is 1. The lowest BCUT2D eigenvalue weighted by atomic mass is 10.2. The van der Waals surface area contributed by atoms with Gasteiger partial charge < -0.3 is 0 Å². The van der Waals surface area contributed by atoms with E-state index in [-0.39, 0.29) is 4.90 Å². The summed E-state index contributed by atoms with van der Waals surface area (Å²) in [5, 5.41) is 4.93. The van der Waals surface area contributed by atoms with E-state index in [0.29, 0.717) is 5.56 Å². The van der Waals surface area contributed by atoms with Gasteiger partial charge in [-0.15, -0.1) is 0 Å². The van der Waals surface area contributed by atoms with Crippen molar-refractivity contribution in [2.24, 2.45) is 5.14 Å². The van der Waals surface area contributed by atoms with Gasteiger partial charge in [0.25, 0.3) is 0 Å². The van der Waals surface area contributed by atoms with E-state index in [1.165, 1.54) is 6.07 Å². The predicted molar refractivity (Wildman–Crippen MR) is 79.6 cm³/mol. The fourth-order valence-electron chi connectivity index (χ4n) is 1.50. The number of benzene rings is 2. The van der Waals surface area contributed by atoms with Crippen LogP contribution in [-0.4, -0.2) is 15.5 Å². The molecule has 2 rings (SSSR count). The molecular weight excluding hydrogens is 276 g/mol. The fraction of sp³-hybridized carbons (Fsp3) is 0.143. The van der Waals surface area contributed by atoms with Crippen molar-refractivity contribution in [3.05, 3.63) is 60.2 Å². The summed E-state index contributed by atoms with van der Waals surface area (Å²) < 4.78 is 21.7. The van der Waals surface area contributed by atoms with Crippen LogP contribution in [0.5, 0.6) is 0 Å². The molecule has 0 fully saturated rings. The first kappa shape index (κ1) is 16.2. The second-order valence-corrected chi connectivity index (χ2v) is 5.51. The molecule has 0 aliphatic rings. The van der Waals surface area contributed by atoms with Gasteiger partial charge in [0.15, 0.2) is 0 Å². The minimum absolute atomic E-state index is 0.194. The summed E-state index contributed by atoms with van der Waals surface area (Å²) in [7, 11) is -1.94. The molecule has 0 heterocycles. The van der Waals surface area contributed by atoms with Crippen LogP contribution in [0.1, 0.15) is 5.56 Å². The Labute approximate surface area is 119 Å². The van der Waals surface area contributed by atoms with Crippen LogP contribution in [-0.2, 0) is 14.9 Å². The number of aryl methyl sites for hydroxylation is 1. The molecule has 5 nitrogen and oxygen atoms in total. The van der Waals surface area contributed by atoms with Crippen molar-refractivity contribution >= 4 is 15.7 Å². The van der Waals surface area contributed by atoms with Crippen LogP contribution >= 0.6 is 0 Å². The lowest BCUT2D eigenvalue weighted by Crippen LogP contribution is -2.13. The van der Waals surface area contributed by atoms with Crippen molar-refractivity contribution < 1.29 is 13.3 Å². The Kier molecular flexibility index (Phi) is 6.17. The number of hydrogen-bond acceptors (Lipinski definition) is 4. The molecule has 108 valence electrons. The van der Waals surface area contributed by atoms with E-state index in [1.54, 1.807) is 32.2 Å². The van der Waals surface area contributed by atoms with Gasteiger partial charge >= 0.3 is 0 Å². The molecule has 0 amide bonds. The average molecular weight is 294 g/mol. The number of rotatable bonds is 3. The van der Waals surface area contributed by atoms with Gasteiger partial charge in [0.1, 0.15) is 0 Å². The van der Waals surface area contributed by atoms with Gasteiger partial charge in [-0.25, -0.2) is 13.6 Å². The summed E-state index contributed by atoms with van der Waals surface area (Å²) in [6, 6.07) is 16.3. The van der Waals surface area contributed by atoms with Crippen LogP contribution in [0.15, 0.2) is 59.5 Å². The maximum absolute atomic E-state index is 10.8. The van der Waals surface area contributed by atoms with E-state index in [2.05, 4.69) is 10.3 Å². The molecule has 0 unspecified atom stereocenters. The van der Waals surface area contributed by atoms with Crippen LogP contribution in [0.25, 0.3) is 0 Å².